The predicted octanol–water partition coefficient (Wildman–Crippen LogP) is -1.97. The Morgan fingerprint density at radius 1 is 1.30 bits per heavy atom. The third-order valence-corrected chi connectivity index (χ3v) is 3.38. The molecule has 1 aliphatic heterocycles. The van der Waals surface area contributed by atoms with Gasteiger partial charge in [0.25, 0.3) is 0 Å². The average Bonchev–Trinajstić information content (AvgIpc) is 2.72. The molecule has 0 aliphatic carbocycles. The zero-order valence-corrected chi connectivity index (χ0v) is 10.5. The van der Waals surface area contributed by atoms with E-state index < -0.39 is 42.6 Å². The number of carbonyl (C=O) groups is 1. The molecule has 0 radical (unpaired) electrons. The van der Waals surface area contributed by atoms with Gasteiger partial charge < -0.3 is 30.3 Å². The summed E-state index contributed by atoms with van der Waals surface area (Å²) in [5, 5.41) is 48.3. The van der Waals surface area contributed by atoms with Crippen molar-refractivity contribution in [3.8, 4) is 0 Å². The van der Waals surface area contributed by atoms with E-state index in [-0.39, 0.29) is 5.56 Å². The van der Waals surface area contributed by atoms with E-state index in [1.807, 2.05) is 0 Å². The summed E-state index contributed by atoms with van der Waals surface area (Å²) in [5.41, 5.74) is -2.45. The molecule has 5 N–H and O–H groups in total. The Morgan fingerprint density at radius 3 is 2.45 bits per heavy atom. The first-order valence-electron chi connectivity index (χ1n) is 6.05. The highest BCUT2D eigenvalue weighted by Crippen LogP contribution is 2.35. The van der Waals surface area contributed by atoms with Crippen molar-refractivity contribution in [3.63, 3.8) is 0 Å². The molecule has 0 aromatic heterocycles. The fourth-order valence-corrected chi connectivity index (χ4v) is 2.28. The Hall–Kier alpha value is -1.35. The highest BCUT2D eigenvalue weighted by molar-refractivity contribution is 6.03. The first-order chi connectivity index (χ1) is 9.42. The lowest BCUT2D eigenvalue weighted by atomic mass is 9.82. The van der Waals surface area contributed by atoms with E-state index in [9.17, 15) is 25.2 Å². The largest absolute Gasteiger partial charge is 0.394 e. The minimum Gasteiger partial charge on any atom is -0.394 e. The van der Waals surface area contributed by atoms with Gasteiger partial charge in [0.05, 0.1) is 6.61 Å². The predicted molar refractivity (Wildman–Crippen MR) is 65.7 cm³/mol. The zero-order chi connectivity index (χ0) is 14.9. The Labute approximate surface area is 114 Å². The fraction of sp³-hybridized carbons (Fsp3) is 0.462. The van der Waals surface area contributed by atoms with Crippen LogP contribution < -0.4 is 0 Å². The molecule has 1 fully saturated rings. The van der Waals surface area contributed by atoms with Crippen LogP contribution in [0.25, 0.3) is 0 Å². The first kappa shape index (κ1) is 15.0. The molecule has 7 nitrogen and oxygen atoms in total. The van der Waals surface area contributed by atoms with Gasteiger partial charge in [-0.05, 0) is 0 Å². The van der Waals surface area contributed by atoms with Crippen molar-refractivity contribution in [3.05, 3.63) is 35.9 Å². The molecule has 110 valence electrons. The summed E-state index contributed by atoms with van der Waals surface area (Å²) in [6.45, 7) is -0.797. The number of aliphatic hydroxyl groups is 5. The summed E-state index contributed by atoms with van der Waals surface area (Å²) < 4.78 is 4.81. The summed E-state index contributed by atoms with van der Waals surface area (Å²) in [5.74, 6) is -0.903. The summed E-state index contributed by atoms with van der Waals surface area (Å²) in [7, 11) is 0. The Balaban J connectivity index is 2.40. The van der Waals surface area contributed by atoms with Crippen LogP contribution in [0, 0.1) is 0 Å². The quantitative estimate of drug-likeness (QED) is 0.406. The molecule has 1 aromatic rings. The van der Waals surface area contributed by atoms with E-state index >= 15 is 0 Å². The lowest BCUT2D eigenvalue weighted by molar-refractivity contribution is -0.152. The zero-order valence-electron chi connectivity index (χ0n) is 10.5. The molecule has 5 atom stereocenters. The van der Waals surface area contributed by atoms with E-state index in [0.29, 0.717) is 0 Å². The Bertz CT molecular complexity index is 477. The van der Waals surface area contributed by atoms with Crippen LogP contribution in [0.5, 0.6) is 0 Å². The van der Waals surface area contributed by atoms with Gasteiger partial charge in [0.15, 0.2) is 17.7 Å². The molecular formula is C13H16O7. The van der Waals surface area contributed by atoms with Crippen LogP contribution in [-0.2, 0) is 4.74 Å². The number of aliphatic hydroxyl groups excluding tert-OH is 4. The number of Topliss-reactive ketones (excluding diaryl/α,β-unsaturated/α-hetero) is 1. The number of rotatable bonds is 4. The maximum absolute atomic E-state index is 12.4. The van der Waals surface area contributed by atoms with Crippen LogP contribution in [0.2, 0.25) is 0 Å². The summed E-state index contributed by atoms with van der Waals surface area (Å²) >= 11 is 0. The van der Waals surface area contributed by atoms with E-state index in [1.165, 1.54) is 12.1 Å². The molecule has 1 heterocycles. The van der Waals surface area contributed by atoms with E-state index in [4.69, 9.17) is 9.84 Å². The van der Waals surface area contributed by atoms with Gasteiger partial charge in [0, 0.05) is 5.56 Å². The van der Waals surface area contributed by atoms with Crippen LogP contribution in [0.4, 0.5) is 0 Å². The van der Waals surface area contributed by atoms with Gasteiger partial charge in [0.1, 0.15) is 18.3 Å². The van der Waals surface area contributed by atoms with Gasteiger partial charge in [-0.2, -0.15) is 0 Å². The van der Waals surface area contributed by atoms with Gasteiger partial charge >= 0.3 is 0 Å². The molecule has 1 aliphatic rings. The number of hydrogen-bond acceptors (Lipinski definition) is 7. The molecule has 0 spiro atoms. The third-order valence-electron chi connectivity index (χ3n) is 3.38. The average molecular weight is 284 g/mol. The van der Waals surface area contributed by atoms with Gasteiger partial charge in [-0.15, -0.1) is 0 Å². The van der Waals surface area contributed by atoms with Gasteiger partial charge in [-0.3, -0.25) is 4.79 Å². The van der Waals surface area contributed by atoms with Crippen molar-refractivity contribution >= 4 is 5.78 Å². The van der Waals surface area contributed by atoms with Crippen molar-refractivity contribution in [2.45, 2.75) is 30.2 Å². The highest BCUT2D eigenvalue weighted by atomic mass is 16.7. The smallest absolute Gasteiger partial charge is 0.200 e. The molecule has 0 saturated carbocycles. The maximum atomic E-state index is 12.4. The summed E-state index contributed by atoms with van der Waals surface area (Å²) in [6, 6.07) is 7.62. The van der Waals surface area contributed by atoms with E-state index in [2.05, 4.69) is 0 Å². The second-order valence-corrected chi connectivity index (χ2v) is 4.66. The van der Waals surface area contributed by atoms with E-state index in [0.717, 1.165) is 0 Å². The van der Waals surface area contributed by atoms with Crippen molar-refractivity contribution < 1.29 is 35.1 Å². The van der Waals surface area contributed by atoms with E-state index in [1.54, 1.807) is 18.2 Å². The first-order valence-corrected chi connectivity index (χ1v) is 6.05. The van der Waals surface area contributed by atoms with Crippen molar-refractivity contribution in [1.29, 1.82) is 0 Å². The molecule has 7 heteroatoms. The number of benzene rings is 1. The summed E-state index contributed by atoms with van der Waals surface area (Å²) in [4.78, 5) is 12.4. The highest BCUT2D eigenvalue weighted by Gasteiger charge is 2.61. The van der Waals surface area contributed by atoms with Crippen LogP contribution in [-0.4, -0.2) is 68.1 Å². The van der Waals surface area contributed by atoms with Crippen molar-refractivity contribution in [2.75, 3.05) is 6.61 Å². The second-order valence-electron chi connectivity index (χ2n) is 4.66. The van der Waals surface area contributed by atoms with Crippen LogP contribution in [0.3, 0.4) is 0 Å². The molecule has 1 unspecified atom stereocenters. The third kappa shape index (κ3) is 2.24. The Kier molecular flexibility index (Phi) is 4.19. The van der Waals surface area contributed by atoms with Crippen LogP contribution >= 0.6 is 0 Å². The van der Waals surface area contributed by atoms with Crippen molar-refractivity contribution in [1.82, 2.24) is 0 Å². The monoisotopic (exact) mass is 284 g/mol. The minimum absolute atomic E-state index is 0.0851. The Morgan fingerprint density at radius 2 is 1.90 bits per heavy atom. The van der Waals surface area contributed by atoms with Crippen LogP contribution in [0.15, 0.2) is 30.3 Å². The normalized spacial score (nSPS) is 35.0. The second kappa shape index (κ2) is 5.57. The lowest BCUT2D eigenvalue weighted by Crippen LogP contribution is -2.58. The SMILES string of the molecule is O=C(c1ccccc1)[C@]1(O)[C@@H](C(O)CO)O[C@H](O)[C@@H]1O. The lowest BCUT2D eigenvalue weighted by Gasteiger charge is -2.31. The topological polar surface area (TPSA) is 127 Å². The molecule has 0 amide bonds. The molecule has 1 aromatic carbocycles. The van der Waals surface area contributed by atoms with Gasteiger partial charge in [-0.1, -0.05) is 30.3 Å². The number of ketones is 1. The molecule has 20 heavy (non-hydrogen) atoms. The standard InChI is InChI=1S/C13H16O7/c14-6-8(15)11-13(19,10(17)12(18)20-11)9(16)7-4-2-1-3-5-7/h1-5,8,10-12,14-15,17-19H,6H2/t8?,10-,11+,12-,13+/m0/s1. The number of ether oxygens (including phenoxy) is 1. The van der Waals surface area contributed by atoms with Crippen LogP contribution in [0.1, 0.15) is 10.4 Å². The molecule has 2 rings (SSSR count). The minimum atomic E-state index is -2.54. The van der Waals surface area contributed by atoms with Crippen molar-refractivity contribution in [2.24, 2.45) is 0 Å². The molecule has 0 bridgehead atoms. The number of carbonyl (C=O) groups excluding carboxylic acids is 1. The van der Waals surface area contributed by atoms with Gasteiger partial charge in [0.2, 0.25) is 0 Å². The number of hydrogen-bond donors (Lipinski definition) is 5. The van der Waals surface area contributed by atoms with Gasteiger partial charge in [-0.25, -0.2) is 0 Å². The molecule has 1 saturated heterocycles. The maximum Gasteiger partial charge on any atom is 0.200 e. The summed E-state index contributed by atoms with van der Waals surface area (Å²) in [6.07, 6.45) is -7.02. The molecular weight excluding hydrogens is 268 g/mol. The fourth-order valence-electron chi connectivity index (χ4n) is 2.28.